The molecule has 90 valence electrons. The molecular weight excluding hydrogens is 216 g/mol. The Labute approximate surface area is 100 Å². The minimum absolute atomic E-state index is 0.0569. The number of aromatic nitrogens is 1. The largest absolute Gasteiger partial charge is 0.382 e. The lowest BCUT2D eigenvalue weighted by Crippen LogP contribution is -2.56. The van der Waals surface area contributed by atoms with E-state index in [-0.39, 0.29) is 6.04 Å². The van der Waals surface area contributed by atoms with E-state index in [4.69, 9.17) is 11.1 Å². The van der Waals surface area contributed by atoms with Crippen LogP contribution in [0.2, 0.25) is 0 Å². The maximum atomic E-state index is 6.13. The van der Waals surface area contributed by atoms with E-state index in [9.17, 15) is 0 Å². The fraction of sp³-hybridized carbons (Fsp3) is 0.364. The van der Waals surface area contributed by atoms with Crippen molar-refractivity contribution in [2.24, 2.45) is 5.10 Å². The van der Waals surface area contributed by atoms with Gasteiger partial charge in [0.2, 0.25) is 5.71 Å². The van der Waals surface area contributed by atoms with Crippen LogP contribution in [0, 0.1) is 0 Å². The average Bonchev–Trinajstić information content (AvgIpc) is 2.31. The third-order valence-corrected chi connectivity index (χ3v) is 3.08. The normalized spacial score (nSPS) is 21.6. The molecule has 1 aliphatic rings. The van der Waals surface area contributed by atoms with Crippen molar-refractivity contribution in [1.29, 1.82) is 0 Å². The number of nitrogen functional groups attached to an aromatic ring is 1. The maximum Gasteiger partial charge on any atom is 0.231 e. The summed E-state index contributed by atoms with van der Waals surface area (Å²) in [6.07, 6.45) is 1.65. The summed E-state index contributed by atoms with van der Waals surface area (Å²) in [4.78, 5) is 6.13. The molecule has 0 amide bonds. The van der Waals surface area contributed by atoms with Crippen molar-refractivity contribution < 1.29 is 5.41 Å². The lowest BCUT2D eigenvalue weighted by Gasteiger charge is -2.33. The molecular formula is C11H17N6+. The van der Waals surface area contributed by atoms with E-state index >= 15 is 0 Å². The summed E-state index contributed by atoms with van der Waals surface area (Å²) >= 11 is 0. The first kappa shape index (κ1) is 11.4. The summed E-state index contributed by atoms with van der Waals surface area (Å²) in [5, 5.41) is 10.4. The average molecular weight is 233 g/mol. The molecule has 0 saturated heterocycles. The third kappa shape index (κ3) is 1.61. The summed E-state index contributed by atoms with van der Waals surface area (Å²) < 4.78 is 0. The van der Waals surface area contributed by atoms with Crippen LogP contribution in [-0.4, -0.2) is 36.5 Å². The van der Waals surface area contributed by atoms with E-state index < -0.39 is 0 Å². The fourth-order valence-corrected chi connectivity index (χ4v) is 2.07. The molecule has 0 aliphatic carbocycles. The third-order valence-electron chi connectivity index (χ3n) is 3.08. The molecule has 0 aromatic carbocycles. The van der Waals surface area contributed by atoms with Crippen LogP contribution in [-0.2, 0) is 0 Å². The Balaban J connectivity index is 2.63. The lowest BCUT2D eigenvalue weighted by molar-refractivity contribution is -0.109. The van der Waals surface area contributed by atoms with Crippen LogP contribution in [0.4, 0.5) is 11.5 Å². The highest BCUT2D eigenvalue weighted by molar-refractivity contribution is 6.50. The zero-order valence-corrected chi connectivity index (χ0v) is 10.2. The van der Waals surface area contributed by atoms with Crippen LogP contribution in [0.15, 0.2) is 17.4 Å². The SMILES string of the molecule is CN/N=C1\C(=[NH2+])c2ccnc(N)c2N(C)[C@H]1C. The van der Waals surface area contributed by atoms with E-state index in [2.05, 4.69) is 15.5 Å². The van der Waals surface area contributed by atoms with E-state index in [0.717, 1.165) is 17.0 Å². The Morgan fingerprint density at radius 3 is 2.94 bits per heavy atom. The van der Waals surface area contributed by atoms with Crippen molar-refractivity contribution in [2.75, 3.05) is 24.7 Å². The molecule has 5 N–H and O–H groups in total. The molecule has 1 aliphatic heterocycles. The molecule has 1 aromatic heterocycles. The van der Waals surface area contributed by atoms with Crippen molar-refractivity contribution in [3.8, 4) is 0 Å². The zero-order valence-electron chi connectivity index (χ0n) is 10.2. The molecule has 6 nitrogen and oxygen atoms in total. The predicted molar refractivity (Wildman–Crippen MR) is 69.0 cm³/mol. The van der Waals surface area contributed by atoms with Gasteiger partial charge in [-0.3, -0.25) is 5.41 Å². The molecule has 0 bridgehead atoms. The Hall–Kier alpha value is -2.11. The number of nitrogens with two attached hydrogens (primary N) is 2. The topological polar surface area (TPSA) is 92.1 Å². The molecule has 0 fully saturated rings. The van der Waals surface area contributed by atoms with Crippen molar-refractivity contribution in [1.82, 2.24) is 10.4 Å². The van der Waals surface area contributed by atoms with Gasteiger partial charge in [-0.15, -0.1) is 0 Å². The standard InChI is InChI=1S/C11H16N6/c1-6-9(16-14-2)8(12)7-4-5-15-11(13)10(7)17(6)3/h4-6,12,14H,1-3H3,(H2,13,15)/p+1/b12-8?,16-9-/t6-/m0/s1. The van der Waals surface area contributed by atoms with Crippen molar-refractivity contribution in [3.05, 3.63) is 17.8 Å². The molecule has 17 heavy (non-hydrogen) atoms. The summed E-state index contributed by atoms with van der Waals surface area (Å²) in [6.45, 7) is 2.03. The van der Waals surface area contributed by atoms with Crippen LogP contribution >= 0.6 is 0 Å². The summed E-state index contributed by atoms with van der Waals surface area (Å²) in [7, 11) is 3.71. The van der Waals surface area contributed by atoms with Crippen molar-refractivity contribution in [2.45, 2.75) is 13.0 Å². The first-order valence-corrected chi connectivity index (χ1v) is 5.42. The number of rotatable bonds is 1. The molecule has 6 heteroatoms. The number of anilines is 2. The van der Waals surface area contributed by atoms with Gasteiger partial charge in [-0.05, 0) is 13.0 Å². The lowest BCUT2D eigenvalue weighted by atomic mass is 9.94. The second kappa shape index (κ2) is 4.04. The smallest absolute Gasteiger partial charge is 0.231 e. The highest BCUT2D eigenvalue weighted by Gasteiger charge is 2.35. The molecule has 0 saturated carbocycles. The monoisotopic (exact) mass is 233 g/mol. The summed E-state index contributed by atoms with van der Waals surface area (Å²) in [6, 6.07) is 1.91. The molecule has 0 unspecified atom stereocenters. The first-order valence-electron chi connectivity index (χ1n) is 5.42. The number of pyridine rings is 1. The Bertz CT molecular complexity index is 493. The Morgan fingerprint density at radius 2 is 2.29 bits per heavy atom. The van der Waals surface area contributed by atoms with Gasteiger partial charge in [-0.25, -0.2) is 4.98 Å². The van der Waals surface area contributed by atoms with Gasteiger partial charge >= 0.3 is 0 Å². The van der Waals surface area contributed by atoms with Crippen LogP contribution in [0.3, 0.4) is 0 Å². The number of hydrogen-bond donors (Lipinski definition) is 3. The van der Waals surface area contributed by atoms with Crippen LogP contribution in [0.25, 0.3) is 0 Å². The van der Waals surface area contributed by atoms with Crippen LogP contribution in [0.1, 0.15) is 12.5 Å². The van der Waals surface area contributed by atoms with Gasteiger partial charge in [0.25, 0.3) is 0 Å². The molecule has 1 aromatic rings. The quantitative estimate of drug-likeness (QED) is 0.522. The minimum atomic E-state index is 0.0569. The summed E-state index contributed by atoms with van der Waals surface area (Å²) in [5.41, 5.74) is 11.9. The number of fused-ring (bicyclic) bond motifs is 1. The van der Waals surface area contributed by atoms with E-state index in [0.29, 0.717) is 11.5 Å². The van der Waals surface area contributed by atoms with Crippen molar-refractivity contribution in [3.63, 3.8) is 0 Å². The van der Waals surface area contributed by atoms with Gasteiger partial charge in [-0.2, -0.15) is 5.10 Å². The molecule has 1 atom stereocenters. The van der Waals surface area contributed by atoms with Gasteiger partial charge in [0.1, 0.15) is 5.82 Å². The van der Waals surface area contributed by atoms with E-state index in [1.807, 2.05) is 24.9 Å². The van der Waals surface area contributed by atoms with Gasteiger partial charge in [0.05, 0.1) is 17.3 Å². The van der Waals surface area contributed by atoms with E-state index in [1.54, 1.807) is 13.2 Å². The zero-order chi connectivity index (χ0) is 12.6. The van der Waals surface area contributed by atoms with Crippen LogP contribution in [0.5, 0.6) is 0 Å². The van der Waals surface area contributed by atoms with Gasteiger partial charge in [0, 0.05) is 20.3 Å². The molecule has 2 heterocycles. The van der Waals surface area contributed by atoms with Crippen LogP contribution < -0.4 is 21.5 Å². The van der Waals surface area contributed by atoms with Gasteiger partial charge < -0.3 is 16.1 Å². The van der Waals surface area contributed by atoms with E-state index in [1.165, 1.54) is 0 Å². The number of hydrazone groups is 1. The maximum absolute atomic E-state index is 6.13. The molecule has 0 radical (unpaired) electrons. The Morgan fingerprint density at radius 1 is 1.59 bits per heavy atom. The highest BCUT2D eigenvalue weighted by Crippen LogP contribution is 2.31. The van der Waals surface area contributed by atoms with Gasteiger partial charge in [-0.1, -0.05) is 0 Å². The molecule has 0 spiro atoms. The second-order valence-corrected chi connectivity index (χ2v) is 4.01. The highest BCUT2D eigenvalue weighted by atomic mass is 15.3. The number of nitrogens with zero attached hydrogens (tertiary/aromatic N) is 3. The Kier molecular flexibility index (Phi) is 2.71. The van der Waals surface area contributed by atoms with Gasteiger partial charge in [0.15, 0.2) is 5.71 Å². The number of hydrogen-bond acceptors (Lipinski definition) is 5. The second-order valence-electron chi connectivity index (χ2n) is 4.01. The molecule has 2 rings (SSSR count). The number of nitrogens with one attached hydrogen (secondary N) is 1. The summed E-state index contributed by atoms with van der Waals surface area (Å²) in [5.74, 6) is 0.489. The minimum Gasteiger partial charge on any atom is -0.382 e. The first-order chi connectivity index (χ1) is 8.07. The fourth-order valence-electron chi connectivity index (χ4n) is 2.07. The predicted octanol–water partition coefficient (Wildman–Crippen LogP) is -1.37. The van der Waals surface area contributed by atoms with Crippen molar-refractivity contribution >= 4 is 22.9 Å².